The summed E-state index contributed by atoms with van der Waals surface area (Å²) in [5, 5.41) is 9.09. The SMILES string of the molecule is COc1ccc(CN(Cc2ccccc2)S(=O)(=O)c2ccc(C(=O)O)cc2)cc1OC. The standard InChI is InChI=1S/C23H23NO6S/c1-29-21-13-8-18(14-22(21)30-2)16-24(15-17-6-4-3-5-7-17)31(27,28)20-11-9-19(10-12-20)23(25)26/h3-14H,15-16H2,1-2H3,(H,25,26). The lowest BCUT2D eigenvalue weighted by atomic mass is 10.2. The van der Waals surface area contributed by atoms with Gasteiger partial charge in [-0.1, -0.05) is 36.4 Å². The van der Waals surface area contributed by atoms with Crippen molar-refractivity contribution in [2.24, 2.45) is 0 Å². The number of methoxy groups -OCH3 is 2. The molecule has 162 valence electrons. The number of hydrogen-bond donors (Lipinski definition) is 1. The van der Waals surface area contributed by atoms with Crippen molar-refractivity contribution in [2.75, 3.05) is 14.2 Å². The highest BCUT2D eigenvalue weighted by Crippen LogP contribution is 2.29. The first kappa shape index (κ1) is 22.3. The summed E-state index contributed by atoms with van der Waals surface area (Å²) in [5.41, 5.74) is 1.57. The molecule has 0 saturated carbocycles. The summed E-state index contributed by atoms with van der Waals surface area (Å²) < 4.78 is 38.8. The van der Waals surface area contributed by atoms with Crippen molar-refractivity contribution < 1.29 is 27.8 Å². The van der Waals surface area contributed by atoms with Gasteiger partial charge in [-0.2, -0.15) is 4.31 Å². The van der Waals surface area contributed by atoms with Gasteiger partial charge in [0, 0.05) is 13.1 Å². The fourth-order valence-corrected chi connectivity index (χ4v) is 4.53. The van der Waals surface area contributed by atoms with Gasteiger partial charge in [0.15, 0.2) is 11.5 Å². The van der Waals surface area contributed by atoms with E-state index in [0.717, 1.165) is 11.1 Å². The van der Waals surface area contributed by atoms with Crippen LogP contribution in [0.15, 0.2) is 77.7 Å². The first-order chi connectivity index (χ1) is 14.8. The maximum atomic E-state index is 13.4. The maximum Gasteiger partial charge on any atom is 0.335 e. The van der Waals surface area contributed by atoms with Gasteiger partial charge in [0.05, 0.1) is 24.7 Å². The van der Waals surface area contributed by atoms with Gasteiger partial charge < -0.3 is 14.6 Å². The van der Waals surface area contributed by atoms with E-state index in [1.54, 1.807) is 18.2 Å². The Morgan fingerprint density at radius 2 is 1.45 bits per heavy atom. The van der Waals surface area contributed by atoms with Gasteiger partial charge in [0.2, 0.25) is 10.0 Å². The van der Waals surface area contributed by atoms with E-state index < -0.39 is 16.0 Å². The molecule has 0 bridgehead atoms. The largest absolute Gasteiger partial charge is 0.493 e. The van der Waals surface area contributed by atoms with E-state index in [2.05, 4.69) is 0 Å². The third-order valence-corrected chi connectivity index (χ3v) is 6.55. The van der Waals surface area contributed by atoms with Crippen molar-refractivity contribution in [3.05, 3.63) is 89.5 Å². The average Bonchev–Trinajstić information content (AvgIpc) is 2.79. The number of carboxylic acid groups (broad SMARTS) is 1. The highest BCUT2D eigenvalue weighted by molar-refractivity contribution is 7.89. The molecule has 3 aromatic rings. The summed E-state index contributed by atoms with van der Waals surface area (Å²) in [4.78, 5) is 11.1. The van der Waals surface area contributed by atoms with E-state index in [4.69, 9.17) is 14.6 Å². The second-order valence-corrected chi connectivity index (χ2v) is 8.72. The van der Waals surface area contributed by atoms with Crippen LogP contribution in [0.1, 0.15) is 21.5 Å². The van der Waals surface area contributed by atoms with E-state index >= 15 is 0 Å². The van der Waals surface area contributed by atoms with Crippen LogP contribution < -0.4 is 9.47 Å². The maximum absolute atomic E-state index is 13.4. The molecule has 0 saturated heterocycles. The van der Waals surface area contributed by atoms with Crippen molar-refractivity contribution >= 4 is 16.0 Å². The van der Waals surface area contributed by atoms with Gasteiger partial charge in [0.1, 0.15) is 0 Å². The van der Waals surface area contributed by atoms with Crippen molar-refractivity contribution in [3.63, 3.8) is 0 Å². The summed E-state index contributed by atoms with van der Waals surface area (Å²) in [6.07, 6.45) is 0. The smallest absolute Gasteiger partial charge is 0.335 e. The minimum absolute atomic E-state index is 0.0217. The molecule has 8 heteroatoms. The topological polar surface area (TPSA) is 93.1 Å². The molecule has 0 amide bonds. The number of aromatic carboxylic acids is 1. The number of carbonyl (C=O) groups is 1. The normalized spacial score (nSPS) is 11.3. The number of sulfonamides is 1. The lowest BCUT2D eigenvalue weighted by Crippen LogP contribution is -2.30. The zero-order valence-electron chi connectivity index (χ0n) is 17.2. The molecule has 0 unspecified atom stereocenters. The minimum Gasteiger partial charge on any atom is -0.493 e. The molecule has 0 aliphatic heterocycles. The van der Waals surface area contributed by atoms with Crippen molar-refractivity contribution in [3.8, 4) is 11.5 Å². The molecule has 0 radical (unpaired) electrons. The fourth-order valence-electron chi connectivity index (χ4n) is 3.11. The Labute approximate surface area is 181 Å². The van der Waals surface area contributed by atoms with Crippen LogP contribution in [-0.2, 0) is 23.1 Å². The number of hydrogen-bond acceptors (Lipinski definition) is 5. The summed E-state index contributed by atoms with van der Waals surface area (Å²) in [6.45, 7) is 0.246. The van der Waals surface area contributed by atoms with E-state index in [1.807, 2.05) is 30.3 Å². The quantitative estimate of drug-likeness (QED) is 0.543. The predicted octanol–water partition coefficient (Wildman–Crippen LogP) is 3.79. The molecule has 0 aromatic heterocycles. The van der Waals surface area contributed by atoms with Gasteiger partial charge in [-0.25, -0.2) is 13.2 Å². The van der Waals surface area contributed by atoms with Gasteiger partial charge in [-0.15, -0.1) is 0 Å². The highest BCUT2D eigenvalue weighted by Gasteiger charge is 2.25. The Hall–Kier alpha value is -3.36. The lowest BCUT2D eigenvalue weighted by molar-refractivity contribution is 0.0696. The second kappa shape index (κ2) is 9.63. The molecule has 0 fully saturated rings. The Balaban J connectivity index is 1.98. The van der Waals surface area contributed by atoms with E-state index in [9.17, 15) is 13.2 Å². The lowest BCUT2D eigenvalue weighted by Gasteiger charge is -2.23. The first-order valence-electron chi connectivity index (χ1n) is 9.43. The number of rotatable bonds is 9. The average molecular weight is 442 g/mol. The van der Waals surface area contributed by atoms with Crippen LogP contribution in [0.3, 0.4) is 0 Å². The Bertz CT molecular complexity index is 1140. The highest BCUT2D eigenvalue weighted by atomic mass is 32.2. The van der Waals surface area contributed by atoms with Crippen LogP contribution in [0.25, 0.3) is 0 Å². The van der Waals surface area contributed by atoms with E-state index in [0.29, 0.717) is 11.5 Å². The van der Waals surface area contributed by atoms with E-state index in [1.165, 1.54) is 42.8 Å². The summed E-state index contributed by atoms with van der Waals surface area (Å²) in [5.74, 6) is -0.0636. The molecule has 0 aliphatic carbocycles. The third-order valence-electron chi connectivity index (χ3n) is 4.75. The monoisotopic (exact) mass is 441 g/mol. The second-order valence-electron chi connectivity index (χ2n) is 6.78. The van der Waals surface area contributed by atoms with Gasteiger partial charge in [-0.3, -0.25) is 0 Å². The number of benzene rings is 3. The molecule has 0 heterocycles. The molecule has 3 aromatic carbocycles. The molecule has 1 N–H and O–H groups in total. The Morgan fingerprint density at radius 3 is 2.03 bits per heavy atom. The Morgan fingerprint density at radius 1 is 0.839 bits per heavy atom. The molecule has 0 aliphatic rings. The summed E-state index contributed by atoms with van der Waals surface area (Å²) >= 11 is 0. The molecular formula is C23H23NO6S. The van der Waals surface area contributed by atoms with Crippen molar-refractivity contribution in [1.82, 2.24) is 4.31 Å². The summed E-state index contributed by atoms with van der Waals surface area (Å²) in [6, 6.07) is 19.7. The Kier molecular flexibility index (Phi) is 6.94. The van der Waals surface area contributed by atoms with Crippen LogP contribution >= 0.6 is 0 Å². The zero-order valence-corrected chi connectivity index (χ0v) is 18.0. The fraction of sp³-hybridized carbons (Fsp3) is 0.174. The van der Waals surface area contributed by atoms with Crippen molar-refractivity contribution in [2.45, 2.75) is 18.0 Å². The number of carboxylic acids is 1. The third kappa shape index (κ3) is 5.22. The number of ether oxygens (including phenoxy) is 2. The van der Waals surface area contributed by atoms with Crippen molar-refractivity contribution in [1.29, 1.82) is 0 Å². The van der Waals surface area contributed by atoms with Gasteiger partial charge >= 0.3 is 5.97 Å². The summed E-state index contributed by atoms with van der Waals surface area (Å²) in [7, 11) is -0.857. The molecule has 0 spiro atoms. The molecule has 0 atom stereocenters. The van der Waals surface area contributed by atoms with Gasteiger partial charge in [-0.05, 0) is 47.5 Å². The first-order valence-corrected chi connectivity index (χ1v) is 10.9. The molecule has 31 heavy (non-hydrogen) atoms. The van der Waals surface area contributed by atoms with Crippen LogP contribution in [-0.4, -0.2) is 38.0 Å². The van der Waals surface area contributed by atoms with Crippen LogP contribution in [0.4, 0.5) is 0 Å². The molecule has 7 nitrogen and oxygen atoms in total. The minimum atomic E-state index is -3.91. The zero-order chi connectivity index (χ0) is 22.4. The van der Waals surface area contributed by atoms with E-state index in [-0.39, 0.29) is 23.5 Å². The van der Waals surface area contributed by atoms with Crippen LogP contribution in [0.5, 0.6) is 11.5 Å². The van der Waals surface area contributed by atoms with Crippen LogP contribution in [0, 0.1) is 0 Å². The van der Waals surface area contributed by atoms with Crippen LogP contribution in [0.2, 0.25) is 0 Å². The van der Waals surface area contributed by atoms with Gasteiger partial charge in [0.25, 0.3) is 0 Å². The molecule has 3 rings (SSSR count). The number of nitrogens with zero attached hydrogens (tertiary/aromatic N) is 1. The predicted molar refractivity (Wildman–Crippen MR) is 116 cm³/mol. The molecular weight excluding hydrogens is 418 g/mol.